The average Bonchev–Trinajstić information content (AvgIpc) is 2.73. The van der Waals surface area contributed by atoms with Gasteiger partial charge in [-0.1, -0.05) is 66.7 Å². The Morgan fingerprint density at radius 1 is 0.885 bits per heavy atom. The van der Waals surface area contributed by atoms with Crippen LogP contribution in [0.2, 0.25) is 0 Å². The zero-order valence-electron chi connectivity index (χ0n) is 14.5. The number of hydrogen-bond donors (Lipinski definition) is 0. The minimum Gasteiger partial charge on any atom is -0.496 e. The molecule has 0 spiro atoms. The van der Waals surface area contributed by atoms with Gasteiger partial charge >= 0.3 is 0 Å². The molecule has 1 amide bonds. The summed E-state index contributed by atoms with van der Waals surface area (Å²) in [5.74, 6) is 0.741. The molecule has 3 nitrogen and oxygen atoms in total. The molecule has 0 aromatic heterocycles. The molecular formula is C23H19NO2. The van der Waals surface area contributed by atoms with Crippen LogP contribution in [-0.4, -0.2) is 13.0 Å². The molecule has 128 valence electrons. The van der Waals surface area contributed by atoms with Crippen molar-refractivity contribution in [3.05, 3.63) is 102 Å². The number of fused-ring (bicyclic) bond motifs is 1. The van der Waals surface area contributed by atoms with Gasteiger partial charge in [0.25, 0.3) is 5.91 Å². The summed E-state index contributed by atoms with van der Waals surface area (Å²) in [7, 11) is 1.66. The quantitative estimate of drug-likeness (QED) is 0.662. The largest absolute Gasteiger partial charge is 0.496 e. The molecule has 4 rings (SSSR count). The van der Waals surface area contributed by atoms with Gasteiger partial charge < -0.3 is 4.74 Å². The molecule has 3 heteroatoms. The van der Waals surface area contributed by atoms with Gasteiger partial charge in [0.1, 0.15) is 5.75 Å². The predicted octanol–water partition coefficient (Wildman–Crippen LogP) is 5.11. The van der Waals surface area contributed by atoms with Crippen LogP contribution in [0.1, 0.15) is 27.5 Å². The number of amides is 1. The van der Waals surface area contributed by atoms with Gasteiger partial charge in [-0.3, -0.25) is 9.69 Å². The molecule has 3 aromatic carbocycles. The number of carbonyl (C=O) groups is 1. The molecule has 0 fully saturated rings. The van der Waals surface area contributed by atoms with Crippen LogP contribution in [-0.2, 0) is 0 Å². The summed E-state index contributed by atoms with van der Waals surface area (Å²) in [6.45, 7) is 0. The number of methoxy groups -OCH3 is 1. The predicted molar refractivity (Wildman–Crippen MR) is 104 cm³/mol. The van der Waals surface area contributed by atoms with E-state index in [1.54, 1.807) is 7.11 Å². The summed E-state index contributed by atoms with van der Waals surface area (Å²) >= 11 is 0. The third-order valence-corrected chi connectivity index (χ3v) is 4.63. The molecular weight excluding hydrogens is 322 g/mol. The fourth-order valence-corrected chi connectivity index (χ4v) is 3.39. The highest BCUT2D eigenvalue weighted by Crippen LogP contribution is 2.40. The van der Waals surface area contributed by atoms with E-state index in [1.165, 1.54) is 0 Å². The summed E-state index contributed by atoms with van der Waals surface area (Å²) in [6.07, 6.45) is 4.13. The van der Waals surface area contributed by atoms with Crippen LogP contribution in [0.3, 0.4) is 0 Å². The molecule has 0 radical (unpaired) electrons. The van der Waals surface area contributed by atoms with Crippen molar-refractivity contribution in [1.29, 1.82) is 0 Å². The van der Waals surface area contributed by atoms with Crippen LogP contribution in [0.25, 0.3) is 6.08 Å². The Morgan fingerprint density at radius 3 is 2.38 bits per heavy atom. The van der Waals surface area contributed by atoms with E-state index in [2.05, 4.69) is 12.2 Å². The van der Waals surface area contributed by atoms with Gasteiger partial charge in [0, 0.05) is 11.1 Å². The van der Waals surface area contributed by atoms with Gasteiger partial charge in [-0.05, 0) is 29.8 Å². The van der Waals surface area contributed by atoms with E-state index in [-0.39, 0.29) is 11.9 Å². The van der Waals surface area contributed by atoms with Gasteiger partial charge in [0.2, 0.25) is 0 Å². The number of benzene rings is 3. The zero-order valence-corrected chi connectivity index (χ0v) is 14.5. The molecule has 3 aromatic rings. The number of hydrogen-bond acceptors (Lipinski definition) is 2. The maximum atomic E-state index is 13.4. The Balaban J connectivity index is 1.87. The number of ether oxygens (including phenoxy) is 1. The molecule has 1 heterocycles. The Labute approximate surface area is 153 Å². The Hall–Kier alpha value is -3.33. The average molecular weight is 341 g/mol. The van der Waals surface area contributed by atoms with Crippen LogP contribution in [0.15, 0.2) is 84.9 Å². The third kappa shape index (κ3) is 2.78. The Bertz CT molecular complexity index is 963. The lowest BCUT2D eigenvalue weighted by molar-refractivity contribution is 0.0980. The molecule has 0 saturated heterocycles. The first-order valence-electron chi connectivity index (χ1n) is 8.58. The fourth-order valence-electron chi connectivity index (χ4n) is 3.39. The fraction of sp³-hybridized carbons (Fsp3) is 0.0870. The highest BCUT2D eigenvalue weighted by atomic mass is 16.5. The van der Waals surface area contributed by atoms with Crippen molar-refractivity contribution in [2.24, 2.45) is 0 Å². The Kier molecular flexibility index (Phi) is 4.28. The number of anilines is 1. The van der Waals surface area contributed by atoms with Crippen molar-refractivity contribution in [2.75, 3.05) is 12.0 Å². The third-order valence-electron chi connectivity index (χ3n) is 4.63. The standard InChI is InChI=1S/C23H19NO2/c1-26-22-14-8-6-12-19(22)21-16-15-17-9-5-7-13-20(17)24(21)23(25)18-10-3-2-4-11-18/h2-16,21H,1H3/t21-/m1/s1. The van der Waals surface area contributed by atoms with E-state index < -0.39 is 0 Å². The van der Waals surface area contributed by atoms with Crippen LogP contribution >= 0.6 is 0 Å². The van der Waals surface area contributed by atoms with Crippen LogP contribution in [0.5, 0.6) is 5.75 Å². The van der Waals surface area contributed by atoms with Crippen molar-refractivity contribution in [3.8, 4) is 5.75 Å². The summed E-state index contributed by atoms with van der Waals surface area (Å²) in [5, 5.41) is 0. The molecule has 0 bridgehead atoms. The second kappa shape index (κ2) is 6.89. The van der Waals surface area contributed by atoms with Crippen LogP contribution in [0.4, 0.5) is 5.69 Å². The lowest BCUT2D eigenvalue weighted by atomic mass is 9.95. The van der Waals surface area contributed by atoms with E-state index >= 15 is 0 Å². The van der Waals surface area contributed by atoms with Crippen LogP contribution in [0, 0.1) is 0 Å². The van der Waals surface area contributed by atoms with Gasteiger partial charge in [-0.15, -0.1) is 0 Å². The minimum atomic E-state index is -0.228. The van der Waals surface area contributed by atoms with Gasteiger partial charge in [0.15, 0.2) is 0 Å². The van der Waals surface area contributed by atoms with Crippen LogP contribution < -0.4 is 9.64 Å². The maximum Gasteiger partial charge on any atom is 0.259 e. The highest BCUT2D eigenvalue weighted by molar-refractivity contribution is 6.08. The molecule has 0 aliphatic carbocycles. The summed E-state index contributed by atoms with van der Waals surface area (Å²) in [4.78, 5) is 15.2. The van der Waals surface area contributed by atoms with Gasteiger partial charge in [-0.25, -0.2) is 0 Å². The van der Waals surface area contributed by atoms with E-state index in [1.807, 2.05) is 83.8 Å². The van der Waals surface area contributed by atoms with E-state index in [0.29, 0.717) is 5.56 Å². The Morgan fingerprint density at radius 2 is 1.58 bits per heavy atom. The molecule has 1 atom stereocenters. The summed E-state index contributed by atoms with van der Waals surface area (Å²) in [5.41, 5.74) is 3.56. The SMILES string of the molecule is COc1ccccc1[C@H]1C=Cc2ccccc2N1C(=O)c1ccccc1. The molecule has 26 heavy (non-hydrogen) atoms. The van der Waals surface area contributed by atoms with E-state index in [9.17, 15) is 4.79 Å². The summed E-state index contributed by atoms with van der Waals surface area (Å²) in [6, 6.07) is 25.0. The lowest BCUT2D eigenvalue weighted by Crippen LogP contribution is -2.36. The first-order valence-corrected chi connectivity index (χ1v) is 8.58. The second-order valence-electron chi connectivity index (χ2n) is 6.15. The monoisotopic (exact) mass is 341 g/mol. The van der Waals surface area contributed by atoms with Crippen molar-refractivity contribution < 1.29 is 9.53 Å². The minimum absolute atomic E-state index is 0.0293. The second-order valence-corrected chi connectivity index (χ2v) is 6.15. The summed E-state index contributed by atoms with van der Waals surface area (Å²) < 4.78 is 5.55. The van der Waals surface area contributed by atoms with E-state index in [4.69, 9.17) is 4.74 Å². The van der Waals surface area contributed by atoms with Gasteiger partial charge in [0.05, 0.1) is 18.8 Å². The molecule has 0 unspecified atom stereocenters. The molecule has 0 saturated carbocycles. The van der Waals surface area contributed by atoms with Crippen molar-refractivity contribution in [3.63, 3.8) is 0 Å². The smallest absolute Gasteiger partial charge is 0.259 e. The lowest BCUT2D eigenvalue weighted by Gasteiger charge is -2.35. The van der Waals surface area contributed by atoms with Gasteiger partial charge in [-0.2, -0.15) is 0 Å². The van der Waals surface area contributed by atoms with E-state index in [0.717, 1.165) is 22.6 Å². The first kappa shape index (κ1) is 16.2. The number of nitrogens with zero attached hydrogens (tertiary/aromatic N) is 1. The normalized spacial score (nSPS) is 15.4. The topological polar surface area (TPSA) is 29.5 Å². The highest BCUT2D eigenvalue weighted by Gasteiger charge is 2.31. The molecule has 1 aliphatic heterocycles. The first-order chi connectivity index (χ1) is 12.8. The van der Waals surface area contributed by atoms with Crippen molar-refractivity contribution in [2.45, 2.75) is 6.04 Å². The zero-order chi connectivity index (χ0) is 17.9. The van der Waals surface area contributed by atoms with Crippen molar-refractivity contribution in [1.82, 2.24) is 0 Å². The number of para-hydroxylation sites is 2. The molecule has 1 aliphatic rings. The number of rotatable bonds is 3. The number of carbonyl (C=O) groups excluding carboxylic acids is 1. The van der Waals surface area contributed by atoms with Crippen molar-refractivity contribution >= 4 is 17.7 Å². The maximum absolute atomic E-state index is 13.4. The molecule has 0 N–H and O–H groups in total.